The summed E-state index contributed by atoms with van der Waals surface area (Å²) in [6, 6.07) is 4.00. The van der Waals surface area contributed by atoms with E-state index in [0.29, 0.717) is 23.7 Å². The number of nitrogens with one attached hydrogen (secondary N) is 1. The van der Waals surface area contributed by atoms with E-state index < -0.39 is 6.04 Å². The van der Waals surface area contributed by atoms with Gasteiger partial charge in [0.15, 0.2) is 0 Å². The average Bonchev–Trinajstić information content (AvgIpc) is 2.82. The summed E-state index contributed by atoms with van der Waals surface area (Å²) in [6.45, 7) is 2.05. The van der Waals surface area contributed by atoms with Gasteiger partial charge >= 0.3 is 0 Å². The van der Waals surface area contributed by atoms with Gasteiger partial charge in [0.05, 0.1) is 5.69 Å². The Morgan fingerprint density at radius 3 is 2.84 bits per heavy atom. The normalized spacial score (nSPS) is 18.4. The van der Waals surface area contributed by atoms with Crippen molar-refractivity contribution in [2.24, 2.45) is 0 Å². The number of likely N-dealkylation sites (tertiary alicyclic amines) is 1. The number of amides is 2. The lowest BCUT2D eigenvalue weighted by Crippen LogP contribution is -2.42. The molecule has 2 amide bonds. The molecule has 1 aromatic rings. The maximum Gasteiger partial charge on any atom is 0.247 e. The Labute approximate surface area is 116 Å². The molecule has 1 aliphatic rings. The quantitative estimate of drug-likeness (QED) is 0.815. The number of aromatic hydroxyl groups is 1. The minimum absolute atomic E-state index is 0.0896. The van der Waals surface area contributed by atoms with Gasteiger partial charge in [-0.3, -0.25) is 9.59 Å². The van der Waals surface area contributed by atoms with Crippen molar-refractivity contribution >= 4 is 29.1 Å². The number of carbonyl (C=O) groups excluding carboxylic acids is 2. The second-order valence-corrected chi connectivity index (χ2v) is 4.96. The van der Waals surface area contributed by atoms with Crippen LogP contribution in [0.25, 0.3) is 0 Å². The number of carbonyl (C=O) groups is 2. The Hall–Kier alpha value is -1.75. The van der Waals surface area contributed by atoms with E-state index in [-0.39, 0.29) is 17.6 Å². The minimum Gasteiger partial charge on any atom is -0.506 e. The summed E-state index contributed by atoms with van der Waals surface area (Å²) in [5.41, 5.74) is 0.296. The van der Waals surface area contributed by atoms with Gasteiger partial charge in [-0.25, -0.2) is 0 Å². The number of anilines is 1. The standard InChI is InChI=1S/C13H15ClN2O3/c1-8(17)16-6-2-3-11(16)13(19)15-10-5-4-9(14)7-12(10)18/h4-5,7,11,18H,2-3,6H2,1H3,(H,15,19)/t11-/m1/s1. The number of hydrogen-bond acceptors (Lipinski definition) is 3. The third kappa shape index (κ3) is 2.98. The lowest BCUT2D eigenvalue weighted by Gasteiger charge is -2.22. The van der Waals surface area contributed by atoms with Crippen molar-refractivity contribution in [3.8, 4) is 5.75 Å². The van der Waals surface area contributed by atoms with Gasteiger partial charge in [0.25, 0.3) is 0 Å². The fourth-order valence-corrected chi connectivity index (χ4v) is 2.41. The molecule has 0 radical (unpaired) electrons. The van der Waals surface area contributed by atoms with E-state index in [4.69, 9.17) is 11.6 Å². The Kier molecular flexibility index (Phi) is 3.95. The van der Waals surface area contributed by atoms with Gasteiger partial charge in [0.2, 0.25) is 11.8 Å². The predicted molar refractivity (Wildman–Crippen MR) is 72.2 cm³/mol. The summed E-state index contributed by atoms with van der Waals surface area (Å²) in [5, 5.41) is 12.7. The zero-order valence-corrected chi connectivity index (χ0v) is 11.3. The molecule has 0 unspecified atom stereocenters. The van der Waals surface area contributed by atoms with Crippen LogP contribution in [0.4, 0.5) is 5.69 Å². The second-order valence-electron chi connectivity index (χ2n) is 4.52. The predicted octanol–water partition coefficient (Wildman–Crippen LogP) is 1.99. The lowest BCUT2D eigenvalue weighted by atomic mass is 10.2. The first-order valence-corrected chi connectivity index (χ1v) is 6.43. The van der Waals surface area contributed by atoms with Crippen molar-refractivity contribution in [3.05, 3.63) is 23.2 Å². The number of phenols is 1. The molecule has 0 aliphatic carbocycles. The number of benzene rings is 1. The third-order valence-corrected chi connectivity index (χ3v) is 3.41. The van der Waals surface area contributed by atoms with Gasteiger partial charge < -0.3 is 15.3 Å². The largest absolute Gasteiger partial charge is 0.506 e. The number of rotatable bonds is 2. The maximum atomic E-state index is 12.1. The van der Waals surface area contributed by atoms with Crippen LogP contribution >= 0.6 is 11.6 Å². The summed E-state index contributed by atoms with van der Waals surface area (Å²) < 4.78 is 0. The molecule has 1 heterocycles. The monoisotopic (exact) mass is 282 g/mol. The molecule has 102 valence electrons. The van der Waals surface area contributed by atoms with Gasteiger partial charge in [-0.2, -0.15) is 0 Å². The molecule has 1 aromatic carbocycles. The Bertz CT molecular complexity index is 519. The topological polar surface area (TPSA) is 69.6 Å². The highest BCUT2D eigenvalue weighted by atomic mass is 35.5. The van der Waals surface area contributed by atoms with Crippen molar-refractivity contribution in [2.75, 3.05) is 11.9 Å². The fraction of sp³-hybridized carbons (Fsp3) is 0.385. The lowest BCUT2D eigenvalue weighted by molar-refractivity contribution is -0.134. The van der Waals surface area contributed by atoms with E-state index in [9.17, 15) is 14.7 Å². The van der Waals surface area contributed by atoms with Crippen molar-refractivity contribution in [1.29, 1.82) is 0 Å². The van der Waals surface area contributed by atoms with Crippen LogP contribution in [0.1, 0.15) is 19.8 Å². The molecule has 0 bridgehead atoms. The average molecular weight is 283 g/mol. The first-order valence-electron chi connectivity index (χ1n) is 6.05. The first-order chi connectivity index (χ1) is 8.99. The van der Waals surface area contributed by atoms with Crippen molar-refractivity contribution in [3.63, 3.8) is 0 Å². The van der Waals surface area contributed by atoms with Crippen molar-refractivity contribution in [1.82, 2.24) is 4.90 Å². The minimum atomic E-state index is -0.465. The molecular formula is C13H15ClN2O3. The van der Waals surface area contributed by atoms with E-state index in [0.717, 1.165) is 6.42 Å². The summed E-state index contributed by atoms with van der Waals surface area (Å²) in [4.78, 5) is 25.1. The molecule has 1 atom stereocenters. The Morgan fingerprint density at radius 2 is 2.21 bits per heavy atom. The van der Waals surface area contributed by atoms with E-state index in [2.05, 4.69) is 5.32 Å². The van der Waals surface area contributed by atoms with Crippen LogP contribution in [0, 0.1) is 0 Å². The molecule has 19 heavy (non-hydrogen) atoms. The Morgan fingerprint density at radius 1 is 1.47 bits per heavy atom. The van der Waals surface area contributed by atoms with Crippen LogP contribution in [-0.2, 0) is 9.59 Å². The van der Waals surface area contributed by atoms with Crippen LogP contribution in [-0.4, -0.2) is 34.4 Å². The van der Waals surface area contributed by atoms with E-state index >= 15 is 0 Å². The third-order valence-electron chi connectivity index (χ3n) is 3.18. The fourth-order valence-electron chi connectivity index (χ4n) is 2.24. The molecular weight excluding hydrogens is 268 g/mol. The SMILES string of the molecule is CC(=O)N1CCC[C@@H]1C(=O)Nc1ccc(Cl)cc1O. The van der Waals surface area contributed by atoms with Gasteiger partial charge in [-0.1, -0.05) is 11.6 Å². The molecule has 6 heteroatoms. The van der Waals surface area contributed by atoms with Crippen LogP contribution < -0.4 is 5.32 Å². The van der Waals surface area contributed by atoms with Gasteiger partial charge in [-0.05, 0) is 25.0 Å². The summed E-state index contributed by atoms with van der Waals surface area (Å²) >= 11 is 5.72. The van der Waals surface area contributed by atoms with E-state index in [1.807, 2.05) is 0 Å². The van der Waals surface area contributed by atoms with Gasteiger partial charge in [-0.15, -0.1) is 0 Å². The van der Waals surface area contributed by atoms with Crippen LogP contribution in [0.2, 0.25) is 5.02 Å². The number of phenolic OH excluding ortho intramolecular Hbond substituents is 1. The Balaban J connectivity index is 2.10. The molecule has 2 rings (SSSR count). The number of halogens is 1. The zero-order chi connectivity index (χ0) is 14.0. The van der Waals surface area contributed by atoms with Crippen molar-refractivity contribution in [2.45, 2.75) is 25.8 Å². The van der Waals surface area contributed by atoms with Crippen LogP contribution in [0.3, 0.4) is 0 Å². The highest BCUT2D eigenvalue weighted by Gasteiger charge is 2.32. The smallest absolute Gasteiger partial charge is 0.247 e. The molecule has 0 aromatic heterocycles. The number of nitrogens with zero attached hydrogens (tertiary/aromatic N) is 1. The van der Waals surface area contributed by atoms with E-state index in [1.165, 1.54) is 19.1 Å². The highest BCUT2D eigenvalue weighted by molar-refractivity contribution is 6.30. The van der Waals surface area contributed by atoms with Crippen LogP contribution in [0.15, 0.2) is 18.2 Å². The zero-order valence-electron chi connectivity index (χ0n) is 10.5. The molecule has 1 aliphatic heterocycles. The highest BCUT2D eigenvalue weighted by Crippen LogP contribution is 2.27. The van der Waals surface area contributed by atoms with Crippen molar-refractivity contribution < 1.29 is 14.7 Å². The molecule has 2 N–H and O–H groups in total. The molecule has 0 spiro atoms. The summed E-state index contributed by atoms with van der Waals surface area (Å²) in [5.74, 6) is -0.489. The second kappa shape index (κ2) is 5.48. The maximum absolute atomic E-state index is 12.1. The van der Waals surface area contributed by atoms with Gasteiger partial charge in [0.1, 0.15) is 11.8 Å². The van der Waals surface area contributed by atoms with Gasteiger partial charge in [0, 0.05) is 24.6 Å². The van der Waals surface area contributed by atoms with Crippen LogP contribution in [0.5, 0.6) is 5.75 Å². The summed E-state index contributed by atoms with van der Waals surface area (Å²) in [7, 11) is 0. The molecule has 1 saturated heterocycles. The van der Waals surface area contributed by atoms with E-state index in [1.54, 1.807) is 11.0 Å². The number of hydrogen-bond donors (Lipinski definition) is 2. The molecule has 5 nitrogen and oxygen atoms in total. The first kappa shape index (κ1) is 13.7. The molecule has 0 saturated carbocycles. The molecule has 1 fully saturated rings. The summed E-state index contributed by atoms with van der Waals surface area (Å²) in [6.07, 6.45) is 1.45.